The molecule has 0 aliphatic carbocycles. The van der Waals surface area contributed by atoms with E-state index in [1.165, 1.54) is 6.07 Å². The molecule has 0 bridgehead atoms. The number of rotatable bonds is 7. The van der Waals surface area contributed by atoms with Gasteiger partial charge in [0.25, 0.3) is 5.91 Å². The van der Waals surface area contributed by atoms with Crippen LogP contribution in [0.2, 0.25) is 0 Å². The number of carbonyl (C=O) groups is 2. The highest BCUT2D eigenvalue weighted by Crippen LogP contribution is 2.18. The van der Waals surface area contributed by atoms with Crippen LogP contribution < -0.4 is 10.2 Å². The molecular weight excluding hydrogens is 342 g/mol. The first kappa shape index (κ1) is 19.4. The number of anilines is 2. The number of nitrogens with zero attached hydrogens (tertiary/aromatic N) is 1. The highest BCUT2D eigenvalue weighted by Gasteiger charge is 2.14. The first-order chi connectivity index (χ1) is 12.5. The Bertz CT molecular complexity index is 755. The molecule has 0 aliphatic rings. The summed E-state index contributed by atoms with van der Waals surface area (Å²) in [6.45, 7) is 5.09. The Morgan fingerprint density at radius 1 is 1.00 bits per heavy atom. The van der Waals surface area contributed by atoms with Crippen LogP contribution in [0.1, 0.15) is 24.2 Å². The van der Waals surface area contributed by atoms with Gasteiger partial charge in [0.05, 0.1) is 5.56 Å². The van der Waals surface area contributed by atoms with Crippen LogP contribution in [-0.2, 0) is 9.53 Å². The number of hydrogen-bond donors (Lipinski definition) is 1. The van der Waals surface area contributed by atoms with Crippen LogP contribution in [0.4, 0.5) is 20.2 Å². The van der Waals surface area contributed by atoms with Gasteiger partial charge in [-0.05, 0) is 50.2 Å². The molecule has 2 aromatic carbocycles. The Kier molecular flexibility index (Phi) is 6.66. The average molecular weight is 362 g/mol. The highest BCUT2D eigenvalue weighted by molar-refractivity contribution is 5.95. The summed E-state index contributed by atoms with van der Waals surface area (Å²) < 4.78 is 31.8. The van der Waals surface area contributed by atoms with Crippen molar-refractivity contribution in [2.24, 2.45) is 0 Å². The molecule has 0 aliphatic heterocycles. The van der Waals surface area contributed by atoms with E-state index in [1.54, 1.807) is 24.3 Å². The first-order valence-electron chi connectivity index (χ1n) is 8.22. The van der Waals surface area contributed by atoms with Crippen LogP contribution >= 0.6 is 0 Å². The third-order valence-corrected chi connectivity index (χ3v) is 3.79. The van der Waals surface area contributed by atoms with Crippen LogP contribution in [0.3, 0.4) is 0 Å². The average Bonchev–Trinajstić information content (AvgIpc) is 2.64. The largest absolute Gasteiger partial charge is 0.452 e. The summed E-state index contributed by atoms with van der Waals surface area (Å²) in [5.41, 5.74) is 0.683. The van der Waals surface area contributed by atoms with Gasteiger partial charge in [0.2, 0.25) is 0 Å². The zero-order valence-electron chi connectivity index (χ0n) is 14.6. The highest BCUT2D eigenvalue weighted by atomic mass is 19.1. The summed E-state index contributed by atoms with van der Waals surface area (Å²) in [5.74, 6) is -3.34. The van der Waals surface area contributed by atoms with E-state index in [2.05, 4.69) is 10.2 Å². The summed E-state index contributed by atoms with van der Waals surface area (Å²) in [5, 5.41) is 2.05. The summed E-state index contributed by atoms with van der Waals surface area (Å²) in [4.78, 5) is 25.9. The maximum absolute atomic E-state index is 13.5. The van der Waals surface area contributed by atoms with Gasteiger partial charge in [0.1, 0.15) is 17.3 Å². The molecule has 7 heteroatoms. The lowest BCUT2D eigenvalue weighted by Crippen LogP contribution is -2.23. The second kappa shape index (κ2) is 8.94. The first-order valence-corrected chi connectivity index (χ1v) is 8.22. The Hall–Kier alpha value is -2.96. The summed E-state index contributed by atoms with van der Waals surface area (Å²) >= 11 is 0. The number of carbonyl (C=O) groups excluding carboxylic acids is 2. The fraction of sp³-hybridized carbons (Fsp3) is 0.263. The minimum absolute atomic E-state index is 0.283. The number of halogens is 2. The molecule has 0 unspecified atom stereocenters. The third-order valence-electron chi connectivity index (χ3n) is 3.79. The molecule has 2 rings (SSSR count). The van der Waals surface area contributed by atoms with Crippen molar-refractivity contribution in [3.8, 4) is 0 Å². The number of esters is 1. The molecule has 5 nitrogen and oxygen atoms in total. The van der Waals surface area contributed by atoms with Gasteiger partial charge in [-0.15, -0.1) is 0 Å². The minimum atomic E-state index is -0.906. The van der Waals surface area contributed by atoms with Crippen LogP contribution in [-0.4, -0.2) is 31.6 Å². The lowest BCUT2D eigenvalue weighted by Gasteiger charge is -2.20. The third kappa shape index (κ3) is 4.78. The van der Waals surface area contributed by atoms with Gasteiger partial charge in [-0.25, -0.2) is 13.6 Å². The van der Waals surface area contributed by atoms with Gasteiger partial charge in [0, 0.05) is 18.8 Å². The van der Waals surface area contributed by atoms with E-state index in [0.29, 0.717) is 0 Å². The number of hydrogen-bond acceptors (Lipinski definition) is 4. The zero-order chi connectivity index (χ0) is 19.1. The molecule has 0 spiro atoms. The van der Waals surface area contributed by atoms with E-state index in [1.807, 2.05) is 13.8 Å². The topological polar surface area (TPSA) is 58.6 Å². The van der Waals surface area contributed by atoms with Gasteiger partial charge in [-0.1, -0.05) is 6.07 Å². The van der Waals surface area contributed by atoms with E-state index in [9.17, 15) is 18.4 Å². The lowest BCUT2D eigenvalue weighted by molar-refractivity contribution is -0.119. The van der Waals surface area contributed by atoms with Gasteiger partial charge < -0.3 is 15.0 Å². The van der Waals surface area contributed by atoms with E-state index in [4.69, 9.17) is 4.74 Å². The molecule has 0 heterocycles. The van der Waals surface area contributed by atoms with E-state index in [0.717, 1.165) is 30.9 Å². The molecule has 1 N–H and O–H groups in total. The Morgan fingerprint density at radius 3 is 2.12 bits per heavy atom. The molecule has 0 atom stereocenters. The van der Waals surface area contributed by atoms with E-state index in [-0.39, 0.29) is 5.56 Å². The monoisotopic (exact) mass is 362 g/mol. The minimum Gasteiger partial charge on any atom is -0.452 e. The number of amides is 1. The van der Waals surface area contributed by atoms with Gasteiger partial charge in [-0.3, -0.25) is 4.79 Å². The van der Waals surface area contributed by atoms with Gasteiger partial charge >= 0.3 is 5.97 Å². The number of benzene rings is 2. The zero-order valence-corrected chi connectivity index (χ0v) is 14.6. The predicted octanol–water partition coefficient (Wildman–Crippen LogP) is 3.61. The van der Waals surface area contributed by atoms with Crippen molar-refractivity contribution in [3.05, 3.63) is 59.7 Å². The summed E-state index contributed by atoms with van der Waals surface area (Å²) in [6.07, 6.45) is 0. The lowest BCUT2D eigenvalue weighted by atomic mass is 10.2. The Balaban J connectivity index is 1.93. The van der Waals surface area contributed by atoms with E-state index < -0.39 is 35.8 Å². The second-order valence-electron chi connectivity index (χ2n) is 5.44. The van der Waals surface area contributed by atoms with Crippen molar-refractivity contribution in [3.63, 3.8) is 0 Å². The van der Waals surface area contributed by atoms with Crippen molar-refractivity contribution in [2.45, 2.75) is 13.8 Å². The summed E-state index contributed by atoms with van der Waals surface area (Å²) in [6, 6.07) is 10.00. The smallest absolute Gasteiger partial charge is 0.338 e. The van der Waals surface area contributed by atoms with Gasteiger partial charge in [-0.2, -0.15) is 0 Å². The number of ether oxygens (including phenoxy) is 1. The molecular formula is C19H20F2N2O3. The quantitative estimate of drug-likeness (QED) is 0.765. The van der Waals surface area contributed by atoms with Crippen LogP contribution in [0, 0.1) is 11.6 Å². The molecule has 26 heavy (non-hydrogen) atoms. The van der Waals surface area contributed by atoms with Crippen LogP contribution in [0.15, 0.2) is 42.5 Å². The van der Waals surface area contributed by atoms with Gasteiger partial charge in [0.15, 0.2) is 6.61 Å². The molecule has 0 aromatic heterocycles. The van der Waals surface area contributed by atoms with Crippen molar-refractivity contribution >= 4 is 23.3 Å². The van der Waals surface area contributed by atoms with Crippen LogP contribution in [0.25, 0.3) is 0 Å². The normalized spacial score (nSPS) is 10.3. The van der Waals surface area contributed by atoms with Crippen molar-refractivity contribution in [2.75, 3.05) is 29.9 Å². The fourth-order valence-electron chi connectivity index (χ4n) is 2.40. The van der Waals surface area contributed by atoms with E-state index >= 15 is 0 Å². The van der Waals surface area contributed by atoms with Crippen molar-refractivity contribution in [1.82, 2.24) is 0 Å². The maximum Gasteiger partial charge on any atom is 0.338 e. The van der Waals surface area contributed by atoms with Crippen molar-refractivity contribution in [1.29, 1.82) is 0 Å². The fourth-order valence-corrected chi connectivity index (χ4v) is 2.40. The molecule has 138 valence electrons. The molecule has 1 amide bonds. The van der Waals surface area contributed by atoms with Crippen LogP contribution in [0.5, 0.6) is 0 Å². The summed E-state index contributed by atoms with van der Waals surface area (Å²) in [7, 11) is 0. The molecule has 0 radical (unpaired) electrons. The SMILES string of the molecule is CCN(CC)c1ccc(C(=O)OCC(=O)Nc2c(F)cccc2F)cc1. The Labute approximate surface area is 150 Å². The number of para-hydroxylation sites is 1. The van der Waals surface area contributed by atoms with Crippen molar-refractivity contribution < 1.29 is 23.1 Å². The molecule has 2 aromatic rings. The molecule has 0 saturated heterocycles. The number of nitrogens with one attached hydrogen (secondary N) is 1. The predicted molar refractivity (Wildman–Crippen MR) is 95.3 cm³/mol. The molecule has 0 saturated carbocycles. The molecule has 0 fully saturated rings. The second-order valence-corrected chi connectivity index (χ2v) is 5.44. The standard InChI is InChI=1S/C19H20F2N2O3/c1-3-23(4-2)14-10-8-13(9-11-14)19(25)26-12-17(24)22-18-15(20)6-5-7-16(18)21/h5-11H,3-4,12H2,1-2H3,(H,22,24). The maximum atomic E-state index is 13.5. The Morgan fingerprint density at radius 2 is 1.58 bits per heavy atom.